The van der Waals surface area contributed by atoms with Crippen molar-refractivity contribution in [1.29, 1.82) is 0 Å². The molecule has 2 N–H and O–H groups in total. The van der Waals surface area contributed by atoms with Crippen LogP contribution in [0.5, 0.6) is 0 Å². The first-order valence-electron chi connectivity index (χ1n) is 8.45. The van der Waals surface area contributed by atoms with Crippen LogP contribution in [-0.4, -0.2) is 43.7 Å². The SMILES string of the molecule is COCCNc1ccc([N+](=O)[O-])cc1C(=O)OCC(=O)Nc1cccc(C)c1. The van der Waals surface area contributed by atoms with Gasteiger partial charge in [-0.15, -0.1) is 0 Å². The Morgan fingerprint density at radius 2 is 1.96 bits per heavy atom. The number of carbonyl (C=O) groups is 2. The summed E-state index contributed by atoms with van der Waals surface area (Å²) in [7, 11) is 1.53. The number of nitrogens with one attached hydrogen (secondary N) is 2. The van der Waals surface area contributed by atoms with Gasteiger partial charge in [-0.05, 0) is 30.7 Å². The van der Waals surface area contributed by atoms with E-state index in [4.69, 9.17) is 9.47 Å². The van der Waals surface area contributed by atoms with Crippen molar-refractivity contribution in [2.75, 3.05) is 37.5 Å². The molecule has 0 atom stereocenters. The molecule has 9 heteroatoms. The number of aryl methyl sites for hydroxylation is 1. The zero-order valence-corrected chi connectivity index (χ0v) is 15.6. The van der Waals surface area contributed by atoms with Gasteiger partial charge in [-0.2, -0.15) is 0 Å². The molecule has 0 heterocycles. The largest absolute Gasteiger partial charge is 0.452 e. The summed E-state index contributed by atoms with van der Waals surface area (Å²) in [5.74, 6) is -1.36. The predicted octanol–water partition coefficient (Wildman–Crippen LogP) is 2.76. The van der Waals surface area contributed by atoms with Crippen LogP contribution in [0.4, 0.5) is 17.1 Å². The van der Waals surface area contributed by atoms with Crippen molar-refractivity contribution < 1.29 is 24.0 Å². The minimum Gasteiger partial charge on any atom is -0.452 e. The monoisotopic (exact) mass is 387 g/mol. The van der Waals surface area contributed by atoms with E-state index < -0.39 is 23.4 Å². The summed E-state index contributed by atoms with van der Waals surface area (Å²) in [6, 6.07) is 11.0. The lowest BCUT2D eigenvalue weighted by molar-refractivity contribution is -0.384. The number of carbonyl (C=O) groups excluding carboxylic acids is 2. The van der Waals surface area contributed by atoms with E-state index in [1.807, 2.05) is 13.0 Å². The van der Waals surface area contributed by atoms with Gasteiger partial charge in [-0.3, -0.25) is 14.9 Å². The number of anilines is 2. The maximum atomic E-state index is 12.4. The normalized spacial score (nSPS) is 10.2. The maximum absolute atomic E-state index is 12.4. The van der Waals surface area contributed by atoms with Crippen LogP contribution in [0, 0.1) is 17.0 Å². The Bertz CT molecular complexity index is 868. The maximum Gasteiger partial charge on any atom is 0.341 e. The molecule has 2 rings (SSSR count). The molecule has 1 amide bonds. The van der Waals surface area contributed by atoms with E-state index in [0.717, 1.165) is 11.6 Å². The molecule has 0 unspecified atom stereocenters. The van der Waals surface area contributed by atoms with Crippen molar-refractivity contribution in [2.24, 2.45) is 0 Å². The summed E-state index contributed by atoms with van der Waals surface area (Å²) in [5.41, 5.74) is 1.62. The van der Waals surface area contributed by atoms with Gasteiger partial charge in [0.25, 0.3) is 11.6 Å². The van der Waals surface area contributed by atoms with Crippen LogP contribution in [0.15, 0.2) is 42.5 Å². The Balaban J connectivity index is 2.05. The zero-order valence-electron chi connectivity index (χ0n) is 15.6. The molecular weight excluding hydrogens is 366 g/mol. The van der Waals surface area contributed by atoms with Crippen molar-refractivity contribution in [3.05, 3.63) is 63.7 Å². The fourth-order valence-corrected chi connectivity index (χ4v) is 2.39. The summed E-state index contributed by atoms with van der Waals surface area (Å²) >= 11 is 0. The number of nitro groups is 1. The fraction of sp³-hybridized carbons (Fsp3) is 0.263. The molecule has 0 saturated heterocycles. The van der Waals surface area contributed by atoms with Gasteiger partial charge in [0.2, 0.25) is 0 Å². The van der Waals surface area contributed by atoms with Gasteiger partial charge < -0.3 is 20.1 Å². The predicted molar refractivity (Wildman–Crippen MR) is 104 cm³/mol. The van der Waals surface area contributed by atoms with E-state index in [9.17, 15) is 19.7 Å². The van der Waals surface area contributed by atoms with E-state index in [-0.39, 0.29) is 11.3 Å². The van der Waals surface area contributed by atoms with Crippen LogP contribution in [0.25, 0.3) is 0 Å². The third kappa shape index (κ3) is 6.06. The Labute approximate surface area is 161 Å². The number of benzene rings is 2. The first kappa shape index (κ1) is 20.8. The Hall–Kier alpha value is -3.46. The first-order chi connectivity index (χ1) is 13.4. The summed E-state index contributed by atoms with van der Waals surface area (Å²) < 4.78 is 9.96. The highest BCUT2D eigenvalue weighted by molar-refractivity contribution is 5.99. The van der Waals surface area contributed by atoms with E-state index in [0.29, 0.717) is 24.5 Å². The molecule has 0 aliphatic rings. The van der Waals surface area contributed by atoms with Gasteiger partial charge in [-0.25, -0.2) is 4.79 Å². The second-order valence-electron chi connectivity index (χ2n) is 5.90. The number of hydrogen-bond acceptors (Lipinski definition) is 7. The van der Waals surface area contributed by atoms with Crippen molar-refractivity contribution in [1.82, 2.24) is 0 Å². The molecule has 0 saturated carbocycles. The molecule has 0 aromatic heterocycles. The Morgan fingerprint density at radius 1 is 1.18 bits per heavy atom. The first-order valence-corrected chi connectivity index (χ1v) is 8.45. The highest BCUT2D eigenvalue weighted by atomic mass is 16.6. The second-order valence-corrected chi connectivity index (χ2v) is 5.90. The molecule has 0 radical (unpaired) electrons. The highest BCUT2D eigenvalue weighted by Gasteiger charge is 2.19. The quantitative estimate of drug-likeness (QED) is 0.294. The molecule has 148 valence electrons. The molecule has 2 aromatic rings. The number of nitrogens with zero attached hydrogens (tertiary/aromatic N) is 1. The van der Waals surface area contributed by atoms with E-state index in [2.05, 4.69) is 10.6 Å². The minimum atomic E-state index is -0.844. The van der Waals surface area contributed by atoms with Gasteiger partial charge >= 0.3 is 5.97 Å². The lowest BCUT2D eigenvalue weighted by Gasteiger charge is -2.12. The van der Waals surface area contributed by atoms with Crippen LogP contribution in [0.2, 0.25) is 0 Å². The number of ether oxygens (including phenoxy) is 2. The topological polar surface area (TPSA) is 120 Å². The zero-order chi connectivity index (χ0) is 20.5. The van der Waals surface area contributed by atoms with Gasteiger partial charge in [0.15, 0.2) is 6.61 Å². The van der Waals surface area contributed by atoms with Gasteiger partial charge in [0.05, 0.1) is 17.1 Å². The van der Waals surface area contributed by atoms with Crippen LogP contribution in [0.1, 0.15) is 15.9 Å². The van der Waals surface area contributed by atoms with Crippen molar-refractivity contribution >= 4 is 28.9 Å². The molecule has 0 fully saturated rings. The van der Waals surface area contributed by atoms with Crippen molar-refractivity contribution in [2.45, 2.75) is 6.92 Å². The molecule has 9 nitrogen and oxygen atoms in total. The van der Waals surface area contributed by atoms with Gasteiger partial charge in [0.1, 0.15) is 0 Å². The summed E-state index contributed by atoms with van der Waals surface area (Å²) in [4.78, 5) is 34.8. The van der Waals surface area contributed by atoms with Gasteiger partial charge in [0, 0.05) is 37.2 Å². The second kappa shape index (κ2) is 10.0. The Kier molecular flexibility index (Phi) is 7.46. The van der Waals surface area contributed by atoms with Crippen LogP contribution >= 0.6 is 0 Å². The molecule has 0 aliphatic heterocycles. The Morgan fingerprint density at radius 3 is 2.64 bits per heavy atom. The third-order valence-corrected chi connectivity index (χ3v) is 3.69. The summed E-state index contributed by atoms with van der Waals surface area (Å²) in [5, 5.41) is 16.6. The number of methoxy groups -OCH3 is 1. The number of rotatable bonds is 9. The summed E-state index contributed by atoms with van der Waals surface area (Å²) in [6.07, 6.45) is 0. The van der Waals surface area contributed by atoms with E-state index >= 15 is 0 Å². The molecule has 28 heavy (non-hydrogen) atoms. The van der Waals surface area contributed by atoms with E-state index in [1.165, 1.54) is 19.2 Å². The molecule has 0 bridgehead atoms. The molecule has 2 aromatic carbocycles. The standard InChI is InChI=1S/C19H21N3O6/c1-13-4-3-5-14(10-13)21-18(23)12-28-19(24)16-11-15(22(25)26)6-7-17(16)20-8-9-27-2/h3-7,10-11,20H,8-9,12H2,1-2H3,(H,21,23). The number of amides is 1. The number of nitro benzene ring substituents is 1. The van der Waals surface area contributed by atoms with Crippen LogP contribution in [0.3, 0.4) is 0 Å². The lowest BCUT2D eigenvalue weighted by Crippen LogP contribution is -2.21. The van der Waals surface area contributed by atoms with Gasteiger partial charge in [-0.1, -0.05) is 12.1 Å². The van der Waals surface area contributed by atoms with Crippen molar-refractivity contribution in [3.8, 4) is 0 Å². The molecule has 0 spiro atoms. The average molecular weight is 387 g/mol. The van der Waals surface area contributed by atoms with Crippen LogP contribution in [-0.2, 0) is 14.3 Å². The lowest BCUT2D eigenvalue weighted by atomic mass is 10.1. The summed E-state index contributed by atoms with van der Waals surface area (Å²) in [6.45, 7) is 2.13. The van der Waals surface area contributed by atoms with E-state index in [1.54, 1.807) is 18.2 Å². The number of hydrogen-bond donors (Lipinski definition) is 2. The number of esters is 1. The third-order valence-electron chi connectivity index (χ3n) is 3.69. The molecule has 0 aliphatic carbocycles. The average Bonchev–Trinajstić information content (AvgIpc) is 2.66. The van der Waals surface area contributed by atoms with Crippen molar-refractivity contribution in [3.63, 3.8) is 0 Å². The fourth-order valence-electron chi connectivity index (χ4n) is 2.39. The molecular formula is C19H21N3O6. The minimum absolute atomic E-state index is 0.0336. The smallest absolute Gasteiger partial charge is 0.341 e. The highest BCUT2D eigenvalue weighted by Crippen LogP contribution is 2.23. The van der Waals surface area contributed by atoms with Crippen LogP contribution < -0.4 is 10.6 Å². The number of non-ortho nitro benzene ring substituents is 1.